The molecule has 2 heterocycles. The lowest BCUT2D eigenvalue weighted by Gasteiger charge is -2.26. The molecule has 1 aliphatic rings. The maximum Gasteiger partial charge on any atom is 0.223 e. The van der Waals surface area contributed by atoms with Gasteiger partial charge in [-0.25, -0.2) is 4.98 Å². The van der Waals surface area contributed by atoms with Crippen LogP contribution < -0.4 is 9.47 Å². The van der Waals surface area contributed by atoms with Crippen LogP contribution in [-0.2, 0) is 11.2 Å². The number of amides is 1. The number of ether oxygens (including phenoxy) is 2. The third kappa shape index (κ3) is 4.43. The second kappa shape index (κ2) is 9.47. The lowest BCUT2D eigenvalue weighted by molar-refractivity contribution is -0.132. The molecule has 3 aromatic rings. The number of aryl methyl sites for hydroxylation is 1. The smallest absolute Gasteiger partial charge is 0.223 e. The number of rotatable bonds is 8. The molecule has 30 heavy (non-hydrogen) atoms. The standard InChI is InChI=1S/C24H28N2O3S/c1-28-17-13-14-21(29-2)18(16-17)20-9-7-15-26(20)24(27)12-6-5-11-23-25-19-8-3-4-10-22(19)30-23/h3-4,8,10,13-14,16,20H,5-7,9,11-12,15H2,1-2H3. The van der Waals surface area contributed by atoms with Crippen LogP contribution in [0.25, 0.3) is 10.2 Å². The number of hydrogen-bond donors (Lipinski definition) is 0. The van der Waals surface area contributed by atoms with Crippen LogP contribution in [0, 0.1) is 0 Å². The van der Waals surface area contributed by atoms with E-state index in [2.05, 4.69) is 12.1 Å². The van der Waals surface area contributed by atoms with E-state index in [0.717, 1.165) is 66.2 Å². The SMILES string of the molecule is COc1ccc(OC)c(C2CCCN2C(=O)CCCCc2nc3ccccc3s2)c1. The monoisotopic (exact) mass is 424 g/mol. The summed E-state index contributed by atoms with van der Waals surface area (Å²) in [6.45, 7) is 0.807. The average molecular weight is 425 g/mol. The van der Waals surface area contributed by atoms with Crippen LogP contribution >= 0.6 is 11.3 Å². The number of benzene rings is 2. The van der Waals surface area contributed by atoms with Gasteiger partial charge in [0.25, 0.3) is 0 Å². The number of hydrogen-bond acceptors (Lipinski definition) is 5. The Balaban J connectivity index is 1.34. The van der Waals surface area contributed by atoms with Crippen molar-refractivity contribution in [1.29, 1.82) is 0 Å². The molecule has 0 bridgehead atoms. The second-order valence-electron chi connectivity index (χ2n) is 7.64. The molecule has 2 aromatic carbocycles. The molecule has 158 valence electrons. The summed E-state index contributed by atoms with van der Waals surface area (Å²) in [6.07, 6.45) is 5.34. The fourth-order valence-corrected chi connectivity index (χ4v) is 5.22. The number of aromatic nitrogens is 1. The number of methoxy groups -OCH3 is 2. The number of para-hydroxylation sites is 1. The van der Waals surface area contributed by atoms with Gasteiger partial charge in [-0.15, -0.1) is 11.3 Å². The van der Waals surface area contributed by atoms with E-state index in [1.807, 2.05) is 35.2 Å². The van der Waals surface area contributed by atoms with Crippen molar-refractivity contribution in [2.75, 3.05) is 20.8 Å². The number of carbonyl (C=O) groups is 1. The fourth-order valence-electron chi connectivity index (χ4n) is 4.21. The molecule has 0 radical (unpaired) electrons. The van der Waals surface area contributed by atoms with E-state index >= 15 is 0 Å². The predicted octanol–water partition coefficient (Wildman–Crippen LogP) is 5.39. The van der Waals surface area contributed by atoms with Crippen LogP contribution in [0.4, 0.5) is 0 Å². The molecule has 1 amide bonds. The molecule has 0 N–H and O–H groups in total. The van der Waals surface area contributed by atoms with Crippen molar-refractivity contribution in [2.45, 2.75) is 44.6 Å². The van der Waals surface area contributed by atoms with Crippen molar-refractivity contribution in [3.8, 4) is 11.5 Å². The highest BCUT2D eigenvalue weighted by Gasteiger charge is 2.31. The zero-order valence-corrected chi connectivity index (χ0v) is 18.4. The van der Waals surface area contributed by atoms with Crippen LogP contribution in [0.3, 0.4) is 0 Å². The Hall–Kier alpha value is -2.60. The number of thiazole rings is 1. The van der Waals surface area contributed by atoms with Crippen LogP contribution in [0.15, 0.2) is 42.5 Å². The predicted molar refractivity (Wildman–Crippen MR) is 120 cm³/mol. The number of likely N-dealkylation sites (tertiary alicyclic amines) is 1. The molecule has 5 nitrogen and oxygen atoms in total. The van der Waals surface area contributed by atoms with E-state index in [0.29, 0.717) is 6.42 Å². The van der Waals surface area contributed by atoms with Gasteiger partial charge in [-0.2, -0.15) is 0 Å². The van der Waals surface area contributed by atoms with Gasteiger partial charge in [-0.1, -0.05) is 12.1 Å². The molecule has 1 saturated heterocycles. The van der Waals surface area contributed by atoms with Crippen LogP contribution in [0.1, 0.15) is 48.7 Å². The summed E-state index contributed by atoms with van der Waals surface area (Å²) >= 11 is 1.75. The van der Waals surface area contributed by atoms with Crippen LogP contribution in [0.5, 0.6) is 11.5 Å². The van der Waals surface area contributed by atoms with Crippen LogP contribution in [0.2, 0.25) is 0 Å². The number of unbranched alkanes of at least 4 members (excludes halogenated alkanes) is 1. The summed E-state index contributed by atoms with van der Waals surface area (Å²) in [4.78, 5) is 19.7. The molecular weight excluding hydrogens is 396 g/mol. The third-order valence-electron chi connectivity index (χ3n) is 5.74. The summed E-state index contributed by atoms with van der Waals surface area (Å²) in [7, 11) is 3.34. The van der Waals surface area contributed by atoms with Gasteiger partial charge in [-0.05, 0) is 62.4 Å². The van der Waals surface area contributed by atoms with Gasteiger partial charge < -0.3 is 14.4 Å². The van der Waals surface area contributed by atoms with Crippen molar-refractivity contribution in [3.05, 3.63) is 53.0 Å². The Bertz CT molecular complexity index is 984. The first kappa shape index (κ1) is 20.7. The Morgan fingerprint density at radius 3 is 2.83 bits per heavy atom. The van der Waals surface area contributed by atoms with E-state index in [1.54, 1.807) is 25.6 Å². The summed E-state index contributed by atoms with van der Waals surface area (Å²) in [5.74, 6) is 1.84. The van der Waals surface area contributed by atoms with Gasteiger partial charge in [0, 0.05) is 18.5 Å². The maximum atomic E-state index is 13.0. The minimum atomic E-state index is 0.0619. The number of fused-ring (bicyclic) bond motifs is 1. The van der Waals surface area contributed by atoms with E-state index in [-0.39, 0.29) is 11.9 Å². The van der Waals surface area contributed by atoms with Crippen molar-refractivity contribution in [1.82, 2.24) is 9.88 Å². The highest BCUT2D eigenvalue weighted by molar-refractivity contribution is 7.18. The first-order valence-electron chi connectivity index (χ1n) is 10.6. The minimum absolute atomic E-state index is 0.0619. The molecule has 6 heteroatoms. The summed E-state index contributed by atoms with van der Waals surface area (Å²) in [5, 5.41) is 1.16. The number of nitrogens with zero attached hydrogens (tertiary/aromatic N) is 2. The molecule has 0 aliphatic carbocycles. The topological polar surface area (TPSA) is 51.7 Å². The van der Waals surface area contributed by atoms with E-state index in [9.17, 15) is 4.79 Å². The van der Waals surface area contributed by atoms with Crippen molar-refractivity contribution < 1.29 is 14.3 Å². The van der Waals surface area contributed by atoms with E-state index in [1.165, 1.54) is 4.70 Å². The van der Waals surface area contributed by atoms with Gasteiger partial charge in [0.2, 0.25) is 5.91 Å². The minimum Gasteiger partial charge on any atom is -0.497 e. The highest BCUT2D eigenvalue weighted by atomic mass is 32.1. The fraction of sp³-hybridized carbons (Fsp3) is 0.417. The summed E-state index contributed by atoms with van der Waals surface area (Å²) in [5.41, 5.74) is 2.11. The second-order valence-corrected chi connectivity index (χ2v) is 8.75. The molecule has 1 aliphatic heterocycles. The van der Waals surface area contributed by atoms with Gasteiger partial charge in [0.05, 0.1) is 35.5 Å². The zero-order valence-electron chi connectivity index (χ0n) is 17.6. The normalized spacial score (nSPS) is 16.2. The third-order valence-corrected chi connectivity index (χ3v) is 6.83. The van der Waals surface area contributed by atoms with Gasteiger partial charge in [0.15, 0.2) is 0 Å². The molecular formula is C24H28N2O3S. The first-order chi connectivity index (χ1) is 14.7. The largest absolute Gasteiger partial charge is 0.497 e. The van der Waals surface area contributed by atoms with Crippen molar-refractivity contribution in [2.24, 2.45) is 0 Å². The zero-order chi connectivity index (χ0) is 20.9. The molecule has 4 rings (SSSR count). The molecule has 0 saturated carbocycles. The average Bonchev–Trinajstić information content (AvgIpc) is 3.43. The first-order valence-corrected chi connectivity index (χ1v) is 11.4. The Morgan fingerprint density at radius 1 is 1.17 bits per heavy atom. The van der Waals surface area contributed by atoms with E-state index in [4.69, 9.17) is 14.5 Å². The Kier molecular flexibility index (Phi) is 6.53. The molecule has 1 unspecified atom stereocenters. The molecule has 1 atom stereocenters. The molecule has 0 spiro atoms. The van der Waals surface area contributed by atoms with Crippen LogP contribution in [-0.4, -0.2) is 36.6 Å². The van der Waals surface area contributed by atoms with E-state index < -0.39 is 0 Å². The lowest BCUT2D eigenvalue weighted by Crippen LogP contribution is -2.30. The summed E-state index contributed by atoms with van der Waals surface area (Å²) < 4.78 is 12.2. The summed E-state index contributed by atoms with van der Waals surface area (Å²) in [6, 6.07) is 14.1. The number of carbonyl (C=O) groups excluding carboxylic acids is 1. The molecule has 1 aromatic heterocycles. The Morgan fingerprint density at radius 2 is 2.03 bits per heavy atom. The van der Waals surface area contributed by atoms with Crippen molar-refractivity contribution in [3.63, 3.8) is 0 Å². The van der Waals surface area contributed by atoms with Crippen molar-refractivity contribution >= 4 is 27.5 Å². The highest BCUT2D eigenvalue weighted by Crippen LogP contribution is 2.39. The van der Waals surface area contributed by atoms with Gasteiger partial charge in [-0.3, -0.25) is 4.79 Å². The van der Waals surface area contributed by atoms with Gasteiger partial charge in [0.1, 0.15) is 11.5 Å². The lowest BCUT2D eigenvalue weighted by atomic mass is 10.0. The quantitative estimate of drug-likeness (QED) is 0.455. The van der Waals surface area contributed by atoms with Gasteiger partial charge >= 0.3 is 0 Å². The maximum absolute atomic E-state index is 13.0. The Labute approximate surface area is 181 Å². The molecule has 1 fully saturated rings.